The van der Waals surface area contributed by atoms with E-state index >= 15 is 0 Å². The molecule has 1 aliphatic rings. The van der Waals surface area contributed by atoms with Crippen molar-refractivity contribution in [2.24, 2.45) is 17.6 Å². The summed E-state index contributed by atoms with van der Waals surface area (Å²) >= 11 is 0. The lowest BCUT2D eigenvalue weighted by molar-refractivity contribution is -0.0895. The Hall–Kier alpha value is -0.120. The molecule has 0 bridgehead atoms. The number of rotatable bonds is 6. The van der Waals surface area contributed by atoms with E-state index in [1.54, 1.807) is 0 Å². The highest BCUT2D eigenvalue weighted by Gasteiger charge is 2.36. The molecule has 18 heavy (non-hydrogen) atoms. The van der Waals surface area contributed by atoms with E-state index in [9.17, 15) is 5.11 Å². The molecule has 0 unspecified atom stereocenters. The molecule has 0 aromatic carbocycles. The maximum Gasteiger partial charge on any atom is 0.0804 e. The van der Waals surface area contributed by atoms with Crippen molar-refractivity contribution in [2.75, 3.05) is 13.2 Å². The topological polar surface area (TPSA) is 55.5 Å². The summed E-state index contributed by atoms with van der Waals surface area (Å²) in [5, 5.41) is 9.71. The van der Waals surface area contributed by atoms with Crippen LogP contribution < -0.4 is 5.73 Å². The summed E-state index contributed by atoms with van der Waals surface area (Å²) in [5.74, 6) is 1.58. The first-order chi connectivity index (χ1) is 8.28. The third-order valence-corrected chi connectivity index (χ3v) is 4.38. The lowest BCUT2D eigenvalue weighted by atomic mass is 9.74. The van der Waals surface area contributed by atoms with Gasteiger partial charge in [-0.25, -0.2) is 0 Å². The van der Waals surface area contributed by atoms with Crippen molar-refractivity contribution in [1.82, 2.24) is 0 Å². The molecule has 0 aliphatic heterocycles. The quantitative estimate of drug-likeness (QED) is 0.769. The van der Waals surface area contributed by atoms with E-state index in [2.05, 4.69) is 13.8 Å². The number of hydrogen-bond donors (Lipinski definition) is 2. The van der Waals surface area contributed by atoms with Gasteiger partial charge in [-0.2, -0.15) is 0 Å². The monoisotopic (exact) mass is 257 g/mol. The Bertz CT molecular complexity index is 237. The minimum atomic E-state index is -0.648. The van der Waals surface area contributed by atoms with Gasteiger partial charge in [0.25, 0.3) is 0 Å². The van der Waals surface area contributed by atoms with Gasteiger partial charge in [-0.15, -0.1) is 0 Å². The molecular weight excluding hydrogens is 226 g/mol. The molecule has 3 heteroatoms. The van der Waals surface area contributed by atoms with E-state index in [-0.39, 0.29) is 5.60 Å². The minimum absolute atomic E-state index is 0.128. The maximum absolute atomic E-state index is 9.71. The molecular formula is C15H31NO2. The van der Waals surface area contributed by atoms with Gasteiger partial charge in [-0.1, -0.05) is 13.8 Å². The van der Waals surface area contributed by atoms with Gasteiger partial charge in [0.2, 0.25) is 0 Å². The Morgan fingerprint density at radius 1 is 1.33 bits per heavy atom. The van der Waals surface area contributed by atoms with Crippen LogP contribution in [0.3, 0.4) is 0 Å². The first kappa shape index (κ1) is 15.9. The van der Waals surface area contributed by atoms with E-state index in [1.165, 1.54) is 12.8 Å². The van der Waals surface area contributed by atoms with Crippen molar-refractivity contribution >= 4 is 0 Å². The Kier molecular flexibility index (Phi) is 5.63. The van der Waals surface area contributed by atoms with Crippen molar-refractivity contribution in [2.45, 2.75) is 71.0 Å². The molecule has 1 fully saturated rings. The molecule has 0 heterocycles. The molecule has 0 atom stereocenters. The SMILES string of the molecule is CC(C)C1CCC(CN)(OCCC(C)(C)O)CC1. The molecule has 3 nitrogen and oxygen atoms in total. The Balaban J connectivity index is 2.41. The molecule has 0 saturated heterocycles. The molecule has 0 aromatic rings. The number of ether oxygens (including phenoxy) is 1. The molecule has 0 radical (unpaired) electrons. The Morgan fingerprint density at radius 2 is 1.89 bits per heavy atom. The Labute approximate surface area is 112 Å². The molecule has 1 rings (SSSR count). The largest absolute Gasteiger partial charge is 0.390 e. The second-order valence-corrected chi connectivity index (χ2v) is 6.88. The molecule has 0 amide bonds. The van der Waals surface area contributed by atoms with Gasteiger partial charge < -0.3 is 15.6 Å². The predicted molar refractivity (Wildman–Crippen MR) is 75.4 cm³/mol. The average Bonchev–Trinajstić information content (AvgIpc) is 2.28. The van der Waals surface area contributed by atoms with Crippen molar-refractivity contribution in [3.8, 4) is 0 Å². The molecule has 1 saturated carbocycles. The highest BCUT2D eigenvalue weighted by atomic mass is 16.5. The van der Waals surface area contributed by atoms with E-state index in [1.807, 2.05) is 13.8 Å². The summed E-state index contributed by atoms with van der Waals surface area (Å²) < 4.78 is 6.04. The number of nitrogens with two attached hydrogens (primary N) is 1. The van der Waals surface area contributed by atoms with Gasteiger partial charge >= 0.3 is 0 Å². The van der Waals surface area contributed by atoms with Crippen LogP contribution in [0, 0.1) is 11.8 Å². The normalized spacial score (nSPS) is 29.8. The van der Waals surface area contributed by atoms with Crippen LogP contribution in [0.5, 0.6) is 0 Å². The fourth-order valence-corrected chi connectivity index (χ4v) is 2.76. The van der Waals surface area contributed by atoms with Crippen molar-refractivity contribution in [3.05, 3.63) is 0 Å². The maximum atomic E-state index is 9.71. The lowest BCUT2D eigenvalue weighted by Gasteiger charge is -2.41. The third kappa shape index (κ3) is 4.87. The van der Waals surface area contributed by atoms with Gasteiger partial charge in [0.05, 0.1) is 17.8 Å². The average molecular weight is 257 g/mol. The van der Waals surface area contributed by atoms with Crippen LogP contribution in [-0.2, 0) is 4.74 Å². The number of hydrogen-bond acceptors (Lipinski definition) is 3. The zero-order valence-electron chi connectivity index (χ0n) is 12.5. The first-order valence-corrected chi connectivity index (χ1v) is 7.34. The van der Waals surface area contributed by atoms with Gasteiger partial charge in [0.15, 0.2) is 0 Å². The summed E-state index contributed by atoms with van der Waals surface area (Å²) in [6.45, 7) is 9.45. The van der Waals surface area contributed by atoms with E-state index in [0.717, 1.165) is 24.7 Å². The molecule has 108 valence electrons. The second-order valence-electron chi connectivity index (χ2n) is 6.88. The molecule has 0 aromatic heterocycles. The summed E-state index contributed by atoms with van der Waals surface area (Å²) in [6, 6.07) is 0. The first-order valence-electron chi connectivity index (χ1n) is 7.34. The fourth-order valence-electron chi connectivity index (χ4n) is 2.76. The molecule has 3 N–H and O–H groups in total. The van der Waals surface area contributed by atoms with Crippen LogP contribution in [0.25, 0.3) is 0 Å². The summed E-state index contributed by atoms with van der Waals surface area (Å²) in [6.07, 6.45) is 5.24. The fraction of sp³-hybridized carbons (Fsp3) is 1.00. The predicted octanol–water partition coefficient (Wildman–Crippen LogP) is 2.71. The van der Waals surface area contributed by atoms with E-state index in [0.29, 0.717) is 19.6 Å². The third-order valence-electron chi connectivity index (χ3n) is 4.38. The number of aliphatic hydroxyl groups is 1. The van der Waals surface area contributed by atoms with E-state index < -0.39 is 5.60 Å². The van der Waals surface area contributed by atoms with Gasteiger partial charge in [-0.3, -0.25) is 0 Å². The zero-order chi connectivity index (χ0) is 13.8. The highest BCUT2D eigenvalue weighted by Crippen LogP contribution is 2.37. The minimum Gasteiger partial charge on any atom is -0.390 e. The van der Waals surface area contributed by atoms with Crippen LogP contribution in [0.4, 0.5) is 0 Å². The van der Waals surface area contributed by atoms with Crippen LogP contribution >= 0.6 is 0 Å². The Morgan fingerprint density at radius 3 is 2.28 bits per heavy atom. The molecule has 0 spiro atoms. The second kappa shape index (κ2) is 6.36. The summed E-state index contributed by atoms with van der Waals surface area (Å²) in [5.41, 5.74) is 5.15. The van der Waals surface area contributed by atoms with E-state index in [4.69, 9.17) is 10.5 Å². The van der Waals surface area contributed by atoms with Crippen molar-refractivity contribution in [3.63, 3.8) is 0 Å². The van der Waals surface area contributed by atoms with Crippen LogP contribution in [0.2, 0.25) is 0 Å². The van der Waals surface area contributed by atoms with Crippen molar-refractivity contribution in [1.29, 1.82) is 0 Å². The smallest absolute Gasteiger partial charge is 0.0804 e. The van der Waals surface area contributed by atoms with Gasteiger partial charge in [-0.05, 0) is 57.8 Å². The van der Waals surface area contributed by atoms with Crippen LogP contribution in [-0.4, -0.2) is 29.5 Å². The highest BCUT2D eigenvalue weighted by molar-refractivity contribution is 4.89. The zero-order valence-corrected chi connectivity index (χ0v) is 12.5. The van der Waals surface area contributed by atoms with Gasteiger partial charge in [0.1, 0.15) is 0 Å². The summed E-state index contributed by atoms with van der Waals surface area (Å²) in [7, 11) is 0. The standard InChI is InChI=1S/C15H31NO2/c1-12(2)13-5-7-15(11-16,8-6-13)18-10-9-14(3,4)17/h12-13,17H,5-11,16H2,1-4H3. The lowest BCUT2D eigenvalue weighted by Crippen LogP contribution is -2.45. The van der Waals surface area contributed by atoms with Crippen molar-refractivity contribution < 1.29 is 9.84 Å². The van der Waals surface area contributed by atoms with Crippen LogP contribution in [0.15, 0.2) is 0 Å². The molecule has 1 aliphatic carbocycles. The van der Waals surface area contributed by atoms with Gasteiger partial charge in [0, 0.05) is 6.54 Å². The van der Waals surface area contributed by atoms with Crippen LogP contribution in [0.1, 0.15) is 59.8 Å². The summed E-state index contributed by atoms with van der Waals surface area (Å²) in [4.78, 5) is 0.